The van der Waals surface area contributed by atoms with Crippen LogP contribution in [0.1, 0.15) is 44.2 Å². The van der Waals surface area contributed by atoms with Crippen molar-refractivity contribution in [2.24, 2.45) is 4.99 Å². The maximum atomic E-state index is 11.9. The molecular formula is C21H36IN5O2. The molecule has 1 heterocycles. The molecule has 1 aromatic rings. The fourth-order valence-electron chi connectivity index (χ4n) is 3.30. The molecule has 1 aromatic carbocycles. The van der Waals surface area contributed by atoms with Crippen LogP contribution in [0.15, 0.2) is 29.3 Å². The van der Waals surface area contributed by atoms with Crippen LogP contribution >= 0.6 is 24.0 Å². The molecule has 1 aliphatic rings. The Morgan fingerprint density at radius 1 is 1.17 bits per heavy atom. The first-order chi connectivity index (χ1) is 13.7. The third kappa shape index (κ3) is 9.31. The van der Waals surface area contributed by atoms with E-state index in [0.717, 1.165) is 62.5 Å². The zero-order valence-electron chi connectivity index (χ0n) is 17.6. The summed E-state index contributed by atoms with van der Waals surface area (Å²) in [5.41, 5.74) is 1.95. The highest BCUT2D eigenvalue weighted by Gasteiger charge is 2.21. The minimum atomic E-state index is 0. The van der Waals surface area contributed by atoms with Crippen molar-refractivity contribution < 1.29 is 9.90 Å². The van der Waals surface area contributed by atoms with Gasteiger partial charge < -0.3 is 21.1 Å². The van der Waals surface area contributed by atoms with Crippen LogP contribution in [0.2, 0.25) is 0 Å². The van der Waals surface area contributed by atoms with Crippen LogP contribution in [-0.2, 0) is 17.9 Å². The first-order valence-corrected chi connectivity index (χ1v) is 10.4. The second kappa shape index (κ2) is 14.6. The lowest BCUT2D eigenvalue weighted by Crippen LogP contribution is -2.50. The SMILES string of the molecule is CCCNC(=O)CN1CCC(NC(=NCc2ccccc2CO)NCC)CC1.I. The number of nitrogens with one attached hydrogen (secondary N) is 3. The van der Waals surface area contributed by atoms with E-state index in [4.69, 9.17) is 4.99 Å². The Morgan fingerprint density at radius 2 is 1.86 bits per heavy atom. The minimum absolute atomic E-state index is 0. The lowest BCUT2D eigenvalue weighted by atomic mass is 10.1. The molecule has 0 bridgehead atoms. The molecule has 0 aromatic heterocycles. The molecule has 0 saturated carbocycles. The molecule has 1 aliphatic heterocycles. The second-order valence-corrected chi connectivity index (χ2v) is 7.17. The van der Waals surface area contributed by atoms with Gasteiger partial charge in [-0.15, -0.1) is 24.0 Å². The number of aliphatic hydroxyl groups is 1. The third-order valence-electron chi connectivity index (χ3n) is 4.91. The van der Waals surface area contributed by atoms with E-state index < -0.39 is 0 Å². The Morgan fingerprint density at radius 3 is 2.48 bits per heavy atom. The molecule has 1 fully saturated rings. The highest BCUT2D eigenvalue weighted by atomic mass is 127. The van der Waals surface area contributed by atoms with Crippen LogP contribution < -0.4 is 16.0 Å². The molecule has 0 atom stereocenters. The summed E-state index contributed by atoms with van der Waals surface area (Å²) in [5, 5.41) is 19.2. The number of guanidine groups is 1. The Bertz CT molecular complexity index is 633. The molecule has 2 rings (SSSR count). The predicted molar refractivity (Wildman–Crippen MR) is 128 cm³/mol. The summed E-state index contributed by atoms with van der Waals surface area (Å²) < 4.78 is 0. The summed E-state index contributed by atoms with van der Waals surface area (Å²) in [6.45, 7) is 8.51. The van der Waals surface area contributed by atoms with Crippen molar-refractivity contribution in [1.29, 1.82) is 0 Å². The molecule has 0 radical (unpaired) electrons. The van der Waals surface area contributed by atoms with Gasteiger partial charge >= 0.3 is 0 Å². The predicted octanol–water partition coefficient (Wildman–Crippen LogP) is 1.84. The topological polar surface area (TPSA) is 89.0 Å². The zero-order valence-corrected chi connectivity index (χ0v) is 19.9. The van der Waals surface area contributed by atoms with Gasteiger partial charge in [0.05, 0.1) is 19.7 Å². The third-order valence-corrected chi connectivity index (χ3v) is 4.91. The van der Waals surface area contributed by atoms with Crippen molar-refractivity contribution in [2.45, 2.75) is 52.3 Å². The number of carbonyl (C=O) groups is 1. The molecule has 1 amide bonds. The van der Waals surface area contributed by atoms with E-state index in [0.29, 0.717) is 19.1 Å². The average molecular weight is 517 g/mol. The first kappa shape index (κ1) is 25.6. The van der Waals surface area contributed by atoms with E-state index in [9.17, 15) is 9.90 Å². The van der Waals surface area contributed by atoms with Gasteiger partial charge in [-0.1, -0.05) is 31.2 Å². The van der Waals surface area contributed by atoms with Gasteiger partial charge in [-0.25, -0.2) is 4.99 Å². The van der Waals surface area contributed by atoms with E-state index in [1.807, 2.05) is 24.3 Å². The number of aliphatic imine (C=N–C) groups is 1. The smallest absolute Gasteiger partial charge is 0.234 e. The van der Waals surface area contributed by atoms with Crippen molar-refractivity contribution >= 4 is 35.8 Å². The van der Waals surface area contributed by atoms with Gasteiger partial charge in [-0.05, 0) is 37.3 Å². The molecule has 164 valence electrons. The molecule has 0 spiro atoms. The second-order valence-electron chi connectivity index (χ2n) is 7.17. The van der Waals surface area contributed by atoms with Gasteiger partial charge in [-0.2, -0.15) is 0 Å². The van der Waals surface area contributed by atoms with Gasteiger partial charge in [-0.3, -0.25) is 9.69 Å². The summed E-state index contributed by atoms with van der Waals surface area (Å²) in [7, 11) is 0. The minimum Gasteiger partial charge on any atom is -0.392 e. The van der Waals surface area contributed by atoms with Crippen molar-refractivity contribution in [3.63, 3.8) is 0 Å². The first-order valence-electron chi connectivity index (χ1n) is 10.4. The van der Waals surface area contributed by atoms with Crippen molar-refractivity contribution in [2.75, 3.05) is 32.7 Å². The Kier molecular flexibility index (Phi) is 12.9. The van der Waals surface area contributed by atoms with Crippen LogP contribution in [0.5, 0.6) is 0 Å². The van der Waals surface area contributed by atoms with Gasteiger partial charge in [0.2, 0.25) is 5.91 Å². The number of hydrogen-bond donors (Lipinski definition) is 4. The Balaban J connectivity index is 0.00000420. The number of likely N-dealkylation sites (tertiary alicyclic amines) is 1. The van der Waals surface area contributed by atoms with E-state index in [1.165, 1.54) is 0 Å². The maximum absolute atomic E-state index is 11.9. The lowest BCUT2D eigenvalue weighted by molar-refractivity contribution is -0.122. The average Bonchev–Trinajstić information content (AvgIpc) is 2.72. The number of carbonyl (C=O) groups excluding carboxylic acids is 1. The van der Waals surface area contributed by atoms with Gasteiger partial charge in [0.1, 0.15) is 0 Å². The molecule has 29 heavy (non-hydrogen) atoms. The molecule has 8 heteroatoms. The number of halogens is 1. The van der Waals surface area contributed by atoms with Crippen LogP contribution in [-0.4, -0.2) is 60.6 Å². The summed E-state index contributed by atoms with van der Waals surface area (Å²) in [6.07, 6.45) is 2.93. The zero-order chi connectivity index (χ0) is 20.2. The molecule has 4 N–H and O–H groups in total. The van der Waals surface area contributed by atoms with Crippen LogP contribution in [0.4, 0.5) is 0 Å². The number of aliphatic hydroxyl groups excluding tert-OH is 1. The fourth-order valence-corrected chi connectivity index (χ4v) is 3.30. The monoisotopic (exact) mass is 517 g/mol. The van der Waals surface area contributed by atoms with E-state index >= 15 is 0 Å². The quantitative estimate of drug-likeness (QED) is 0.228. The number of amides is 1. The van der Waals surface area contributed by atoms with Crippen LogP contribution in [0.3, 0.4) is 0 Å². The summed E-state index contributed by atoms with van der Waals surface area (Å²) in [4.78, 5) is 18.8. The maximum Gasteiger partial charge on any atom is 0.234 e. The number of nitrogens with zero attached hydrogens (tertiary/aromatic N) is 2. The number of rotatable bonds is 9. The van der Waals surface area contributed by atoms with E-state index in [1.54, 1.807) is 0 Å². The summed E-state index contributed by atoms with van der Waals surface area (Å²) in [5.74, 6) is 0.917. The van der Waals surface area contributed by atoms with Crippen molar-refractivity contribution in [1.82, 2.24) is 20.9 Å². The van der Waals surface area contributed by atoms with Crippen molar-refractivity contribution in [3.8, 4) is 0 Å². The molecule has 1 saturated heterocycles. The number of piperidine rings is 1. The van der Waals surface area contributed by atoms with Crippen LogP contribution in [0, 0.1) is 0 Å². The van der Waals surface area contributed by atoms with Gasteiger partial charge in [0, 0.05) is 32.2 Å². The van der Waals surface area contributed by atoms with Gasteiger partial charge in [0.15, 0.2) is 5.96 Å². The highest BCUT2D eigenvalue weighted by Crippen LogP contribution is 2.11. The summed E-state index contributed by atoms with van der Waals surface area (Å²) >= 11 is 0. The normalized spacial score (nSPS) is 15.5. The Labute approximate surface area is 191 Å². The van der Waals surface area contributed by atoms with Gasteiger partial charge in [0.25, 0.3) is 0 Å². The Hall–Kier alpha value is -1.39. The fraction of sp³-hybridized carbons (Fsp3) is 0.619. The molecule has 0 unspecified atom stereocenters. The van der Waals surface area contributed by atoms with E-state index in [-0.39, 0.29) is 36.5 Å². The van der Waals surface area contributed by atoms with Crippen molar-refractivity contribution in [3.05, 3.63) is 35.4 Å². The summed E-state index contributed by atoms with van der Waals surface area (Å²) in [6, 6.07) is 8.17. The lowest BCUT2D eigenvalue weighted by Gasteiger charge is -2.32. The largest absolute Gasteiger partial charge is 0.392 e. The highest BCUT2D eigenvalue weighted by molar-refractivity contribution is 14.0. The molecule has 7 nitrogen and oxygen atoms in total. The molecule has 0 aliphatic carbocycles. The standard InChI is InChI=1S/C21H35N5O2.HI/c1-3-11-23-20(28)15-26-12-9-19(10-13-26)25-21(22-4-2)24-14-17-7-5-6-8-18(17)16-27;/h5-8,19,27H,3-4,9-16H2,1-2H3,(H,23,28)(H2,22,24,25);1H. The number of hydrogen-bond acceptors (Lipinski definition) is 4. The van der Waals surface area contributed by atoms with E-state index in [2.05, 4.69) is 34.7 Å². The number of benzene rings is 1. The van der Waals surface area contributed by atoms with Crippen LogP contribution in [0.25, 0.3) is 0 Å². The molecular weight excluding hydrogens is 481 g/mol.